The van der Waals surface area contributed by atoms with Crippen molar-refractivity contribution < 1.29 is 9.59 Å². The SMILES string of the molecule is CC(C)[C@H](N)C(=O)NCC(=O)N(CCN(C)C)Cc1ccccc1. The number of rotatable bonds is 9. The average molecular weight is 334 g/mol. The van der Waals surface area contributed by atoms with Crippen LogP contribution in [0.5, 0.6) is 0 Å². The van der Waals surface area contributed by atoms with E-state index in [0.29, 0.717) is 13.1 Å². The fraction of sp³-hybridized carbons (Fsp3) is 0.556. The predicted octanol–water partition coefficient (Wildman–Crippen LogP) is 0.676. The summed E-state index contributed by atoms with van der Waals surface area (Å²) in [7, 11) is 3.93. The Hall–Kier alpha value is -1.92. The van der Waals surface area contributed by atoms with Crippen molar-refractivity contribution in [3.63, 3.8) is 0 Å². The lowest BCUT2D eigenvalue weighted by Gasteiger charge is -2.25. The summed E-state index contributed by atoms with van der Waals surface area (Å²) in [5.41, 5.74) is 6.87. The van der Waals surface area contributed by atoms with Gasteiger partial charge in [0.05, 0.1) is 12.6 Å². The second-order valence-corrected chi connectivity index (χ2v) is 6.59. The molecule has 24 heavy (non-hydrogen) atoms. The number of hydrogen-bond donors (Lipinski definition) is 2. The Balaban J connectivity index is 2.64. The number of nitrogens with one attached hydrogen (secondary N) is 1. The molecule has 0 aliphatic rings. The lowest BCUT2D eigenvalue weighted by atomic mass is 10.1. The summed E-state index contributed by atoms with van der Waals surface area (Å²) in [6, 6.07) is 9.23. The molecule has 0 bridgehead atoms. The third-order valence-corrected chi connectivity index (χ3v) is 3.82. The van der Waals surface area contributed by atoms with Crippen molar-refractivity contribution in [2.45, 2.75) is 26.4 Å². The summed E-state index contributed by atoms with van der Waals surface area (Å²) >= 11 is 0. The summed E-state index contributed by atoms with van der Waals surface area (Å²) in [5.74, 6) is -0.357. The van der Waals surface area contributed by atoms with Gasteiger partial charge in [0.25, 0.3) is 0 Å². The van der Waals surface area contributed by atoms with E-state index in [4.69, 9.17) is 5.73 Å². The number of nitrogens with two attached hydrogens (primary N) is 1. The zero-order chi connectivity index (χ0) is 18.1. The van der Waals surface area contributed by atoms with E-state index in [1.807, 2.05) is 63.2 Å². The molecule has 134 valence electrons. The molecule has 2 amide bonds. The van der Waals surface area contributed by atoms with E-state index in [1.54, 1.807) is 4.90 Å². The smallest absolute Gasteiger partial charge is 0.242 e. The molecule has 0 radical (unpaired) electrons. The predicted molar refractivity (Wildman–Crippen MR) is 96.2 cm³/mol. The van der Waals surface area contributed by atoms with Gasteiger partial charge in [-0.15, -0.1) is 0 Å². The van der Waals surface area contributed by atoms with Gasteiger partial charge in [-0.25, -0.2) is 0 Å². The van der Waals surface area contributed by atoms with Crippen LogP contribution in [-0.4, -0.2) is 61.4 Å². The maximum Gasteiger partial charge on any atom is 0.242 e. The van der Waals surface area contributed by atoms with E-state index < -0.39 is 6.04 Å². The van der Waals surface area contributed by atoms with Crippen LogP contribution in [0.15, 0.2) is 30.3 Å². The summed E-state index contributed by atoms with van der Waals surface area (Å²) in [5, 5.41) is 2.65. The maximum absolute atomic E-state index is 12.5. The van der Waals surface area contributed by atoms with Gasteiger partial charge in [0.2, 0.25) is 11.8 Å². The highest BCUT2D eigenvalue weighted by Crippen LogP contribution is 2.05. The fourth-order valence-corrected chi connectivity index (χ4v) is 2.11. The van der Waals surface area contributed by atoms with Gasteiger partial charge in [-0.1, -0.05) is 44.2 Å². The number of hydrogen-bond acceptors (Lipinski definition) is 4. The van der Waals surface area contributed by atoms with Crippen LogP contribution in [0.1, 0.15) is 19.4 Å². The monoisotopic (exact) mass is 334 g/mol. The van der Waals surface area contributed by atoms with Gasteiger partial charge in [0.15, 0.2) is 0 Å². The highest BCUT2D eigenvalue weighted by atomic mass is 16.2. The summed E-state index contributed by atoms with van der Waals surface area (Å²) < 4.78 is 0. The topological polar surface area (TPSA) is 78.7 Å². The molecular formula is C18H30N4O2. The normalized spacial score (nSPS) is 12.3. The van der Waals surface area contributed by atoms with Crippen LogP contribution in [0, 0.1) is 5.92 Å². The van der Waals surface area contributed by atoms with Crippen LogP contribution in [0.25, 0.3) is 0 Å². The fourth-order valence-electron chi connectivity index (χ4n) is 2.11. The molecule has 6 heteroatoms. The first-order valence-corrected chi connectivity index (χ1v) is 8.31. The standard InChI is InChI=1S/C18H30N4O2/c1-14(2)17(19)18(24)20-12-16(23)22(11-10-21(3)4)13-15-8-6-5-7-9-15/h5-9,14,17H,10-13,19H2,1-4H3,(H,20,24)/t17-/m0/s1. The van der Waals surface area contributed by atoms with Crippen LogP contribution < -0.4 is 11.1 Å². The Labute approximate surface area is 145 Å². The first-order valence-electron chi connectivity index (χ1n) is 8.31. The zero-order valence-corrected chi connectivity index (χ0v) is 15.2. The number of carbonyl (C=O) groups excluding carboxylic acids is 2. The van der Waals surface area contributed by atoms with E-state index in [1.165, 1.54) is 0 Å². The van der Waals surface area contributed by atoms with Gasteiger partial charge in [0.1, 0.15) is 0 Å². The van der Waals surface area contributed by atoms with E-state index in [2.05, 4.69) is 5.32 Å². The van der Waals surface area contributed by atoms with Crippen molar-refractivity contribution in [2.75, 3.05) is 33.7 Å². The Morgan fingerprint density at radius 1 is 1.12 bits per heavy atom. The zero-order valence-electron chi connectivity index (χ0n) is 15.2. The van der Waals surface area contributed by atoms with Gasteiger partial charge in [0, 0.05) is 19.6 Å². The number of nitrogens with zero attached hydrogens (tertiary/aromatic N) is 2. The van der Waals surface area contributed by atoms with E-state index in [0.717, 1.165) is 12.1 Å². The van der Waals surface area contributed by atoms with Crippen molar-refractivity contribution in [2.24, 2.45) is 11.7 Å². The van der Waals surface area contributed by atoms with Gasteiger partial charge < -0.3 is 20.9 Å². The minimum absolute atomic E-state index is 0.0283. The Kier molecular flexibility index (Phi) is 8.43. The molecule has 0 heterocycles. The third-order valence-electron chi connectivity index (χ3n) is 3.82. The second kappa shape index (κ2) is 10.1. The molecule has 1 aromatic carbocycles. The van der Waals surface area contributed by atoms with Crippen molar-refractivity contribution in [3.8, 4) is 0 Å². The summed E-state index contributed by atoms with van der Waals surface area (Å²) in [6.45, 7) is 5.62. The minimum atomic E-state index is -0.595. The van der Waals surface area contributed by atoms with Crippen LogP contribution in [0.4, 0.5) is 0 Å². The van der Waals surface area contributed by atoms with Gasteiger partial charge in [-0.05, 0) is 25.6 Å². The second-order valence-electron chi connectivity index (χ2n) is 6.59. The van der Waals surface area contributed by atoms with Gasteiger partial charge >= 0.3 is 0 Å². The van der Waals surface area contributed by atoms with Crippen molar-refractivity contribution in [3.05, 3.63) is 35.9 Å². The number of benzene rings is 1. The van der Waals surface area contributed by atoms with Crippen LogP contribution in [0.3, 0.4) is 0 Å². The van der Waals surface area contributed by atoms with E-state index in [9.17, 15) is 9.59 Å². The van der Waals surface area contributed by atoms with Crippen LogP contribution in [0.2, 0.25) is 0 Å². The molecule has 0 unspecified atom stereocenters. The number of likely N-dealkylation sites (N-methyl/N-ethyl adjacent to an activating group) is 1. The molecule has 0 spiro atoms. The minimum Gasteiger partial charge on any atom is -0.346 e. The number of carbonyl (C=O) groups is 2. The molecule has 0 saturated heterocycles. The molecule has 3 N–H and O–H groups in total. The first kappa shape index (κ1) is 20.1. The van der Waals surface area contributed by atoms with Gasteiger partial charge in [-0.2, -0.15) is 0 Å². The molecule has 0 saturated carbocycles. The Morgan fingerprint density at radius 3 is 2.29 bits per heavy atom. The summed E-state index contributed by atoms with van der Waals surface area (Å²) in [6.07, 6.45) is 0. The molecule has 1 rings (SSSR count). The lowest BCUT2D eigenvalue weighted by Crippen LogP contribution is -2.48. The largest absolute Gasteiger partial charge is 0.346 e. The first-order chi connectivity index (χ1) is 11.3. The quantitative estimate of drug-likeness (QED) is 0.696. The van der Waals surface area contributed by atoms with E-state index in [-0.39, 0.29) is 24.3 Å². The number of amides is 2. The molecular weight excluding hydrogens is 304 g/mol. The van der Waals surface area contributed by atoms with Crippen molar-refractivity contribution >= 4 is 11.8 Å². The highest BCUT2D eigenvalue weighted by molar-refractivity contribution is 5.87. The van der Waals surface area contributed by atoms with Crippen LogP contribution in [-0.2, 0) is 16.1 Å². The molecule has 1 aromatic rings. The molecule has 1 atom stereocenters. The molecule has 0 aliphatic carbocycles. The van der Waals surface area contributed by atoms with Crippen LogP contribution >= 0.6 is 0 Å². The lowest BCUT2D eigenvalue weighted by molar-refractivity contribution is -0.134. The highest BCUT2D eigenvalue weighted by Gasteiger charge is 2.20. The Bertz CT molecular complexity index is 517. The van der Waals surface area contributed by atoms with E-state index >= 15 is 0 Å². The van der Waals surface area contributed by atoms with Gasteiger partial charge in [-0.3, -0.25) is 9.59 Å². The molecule has 0 fully saturated rings. The van der Waals surface area contributed by atoms with Crippen molar-refractivity contribution in [1.29, 1.82) is 0 Å². The maximum atomic E-state index is 12.5. The van der Waals surface area contributed by atoms with Crippen molar-refractivity contribution in [1.82, 2.24) is 15.1 Å². The molecule has 0 aromatic heterocycles. The average Bonchev–Trinajstić information content (AvgIpc) is 2.55. The molecule has 6 nitrogen and oxygen atoms in total. The molecule has 0 aliphatic heterocycles. The third kappa shape index (κ3) is 7.10. The summed E-state index contributed by atoms with van der Waals surface area (Å²) in [4.78, 5) is 28.2. The Morgan fingerprint density at radius 2 is 1.75 bits per heavy atom.